The molecule has 1 aliphatic heterocycles. The molecule has 1 saturated heterocycles. The van der Waals surface area contributed by atoms with E-state index in [1.165, 1.54) is 45.3 Å². The summed E-state index contributed by atoms with van der Waals surface area (Å²) in [5.74, 6) is 0.986. The van der Waals surface area contributed by atoms with E-state index in [0.29, 0.717) is 12.1 Å². The molecule has 2 unspecified atom stereocenters. The lowest BCUT2D eigenvalue weighted by Crippen LogP contribution is -2.40. The van der Waals surface area contributed by atoms with Gasteiger partial charge in [-0.2, -0.15) is 0 Å². The number of ether oxygens (including phenoxy) is 1. The molecule has 2 aliphatic rings. The molecule has 3 nitrogen and oxygen atoms in total. The quantitative estimate of drug-likeness (QED) is 0.742. The van der Waals surface area contributed by atoms with E-state index >= 15 is 0 Å². The molecule has 0 bridgehead atoms. The molecule has 0 amide bonds. The summed E-state index contributed by atoms with van der Waals surface area (Å²) in [6.45, 7) is 7.01. The number of nitrogens with one attached hydrogen (secondary N) is 1. The highest BCUT2D eigenvalue weighted by Gasteiger charge is 2.26. The number of hydrogen-bond acceptors (Lipinski definition) is 3. The summed E-state index contributed by atoms with van der Waals surface area (Å²) in [5, 5.41) is 3.57. The third-order valence-corrected chi connectivity index (χ3v) is 4.18. The van der Waals surface area contributed by atoms with Crippen molar-refractivity contribution in [1.29, 1.82) is 0 Å². The maximum absolute atomic E-state index is 5.39. The van der Waals surface area contributed by atoms with Crippen molar-refractivity contribution in [1.82, 2.24) is 10.2 Å². The summed E-state index contributed by atoms with van der Waals surface area (Å²) in [4.78, 5) is 2.61. The minimum absolute atomic E-state index is 0.437. The van der Waals surface area contributed by atoms with Crippen molar-refractivity contribution in [2.24, 2.45) is 5.92 Å². The van der Waals surface area contributed by atoms with E-state index in [9.17, 15) is 0 Å². The Balaban J connectivity index is 1.69. The number of methoxy groups -OCH3 is 1. The Bertz CT molecular complexity index is 206. The summed E-state index contributed by atoms with van der Waals surface area (Å²) in [5.41, 5.74) is 0. The Hall–Kier alpha value is -0.120. The van der Waals surface area contributed by atoms with Crippen LogP contribution in [0.5, 0.6) is 0 Å². The van der Waals surface area contributed by atoms with Gasteiger partial charge in [-0.15, -0.1) is 0 Å². The minimum Gasteiger partial charge on any atom is -0.380 e. The predicted molar refractivity (Wildman–Crippen MR) is 66.7 cm³/mol. The van der Waals surface area contributed by atoms with E-state index in [1.54, 1.807) is 0 Å². The fourth-order valence-corrected chi connectivity index (χ4v) is 2.79. The average molecular weight is 226 g/mol. The Morgan fingerprint density at radius 3 is 2.62 bits per heavy atom. The van der Waals surface area contributed by atoms with Gasteiger partial charge < -0.3 is 15.0 Å². The van der Waals surface area contributed by atoms with Crippen LogP contribution in [0.1, 0.15) is 32.6 Å². The van der Waals surface area contributed by atoms with Crippen molar-refractivity contribution >= 4 is 0 Å². The normalized spacial score (nSPS) is 30.9. The highest BCUT2D eigenvalue weighted by molar-refractivity contribution is 4.85. The van der Waals surface area contributed by atoms with Crippen molar-refractivity contribution in [3.8, 4) is 0 Å². The summed E-state index contributed by atoms with van der Waals surface area (Å²) in [6.07, 6.45) is 5.98. The van der Waals surface area contributed by atoms with Crippen LogP contribution in [0.2, 0.25) is 0 Å². The summed E-state index contributed by atoms with van der Waals surface area (Å²) < 4.78 is 5.39. The van der Waals surface area contributed by atoms with Gasteiger partial charge in [-0.1, -0.05) is 13.3 Å². The lowest BCUT2D eigenvalue weighted by Gasteiger charge is -2.33. The molecule has 1 heterocycles. The molecule has 0 aromatic carbocycles. The van der Waals surface area contributed by atoms with Crippen LogP contribution >= 0.6 is 0 Å². The van der Waals surface area contributed by atoms with E-state index in [1.807, 2.05) is 7.11 Å². The maximum atomic E-state index is 5.39. The minimum atomic E-state index is 0.437. The maximum Gasteiger partial charge on any atom is 0.0711 e. The Morgan fingerprint density at radius 1 is 1.31 bits per heavy atom. The van der Waals surface area contributed by atoms with Gasteiger partial charge in [-0.3, -0.25) is 0 Å². The van der Waals surface area contributed by atoms with Crippen LogP contribution < -0.4 is 5.32 Å². The van der Waals surface area contributed by atoms with Gasteiger partial charge in [-0.05, 0) is 31.7 Å². The summed E-state index contributed by atoms with van der Waals surface area (Å²) in [6, 6.07) is 0.643. The standard InChI is InChI=1S/C13H26N2O/c1-3-15(9-11-5-4-6-11)10-12-7-13(16-2)8-14-12/h11-14H,3-10H2,1-2H3. The monoisotopic (exact) mass is 226 g/mol. The predicted octanol–water partition coefficient (Wildman–Crippen LogP) is 1.49. The van der Waals surface area contributed by atoms with E-state index in [2.05, 4.69) is 17.1 Å². The first-order valence-electron chi connectivity index (χ1n) is 6.80. The van der Waals surface area contributed by atoms with Gasteiger partial charge in [0.25, 0.3) is 0 Å². The molecule has 0 aromatic rings. The number of rotatable bonds is 6. The molecule has 0 aromatic heterocycles. The second-order valence-electron chi connectivity index (χ2n) is 5.35. The Kier molecular flexibility index (Phi) is 4.62. The van der Waals surface area contributed by atoms with Crippen LogP contribution in [0, 0.1) is 5.92 Å². The molecule has 1 aliphatic carbocycles. The van der Waals surface area contributed by atoms with Crippen LogP contribution in [0.4, 0.5) is 0 Å². The largest absolute Gasteiger partial charge is 0.380 e. The lowest BCUT2D eigenvalue weighted by atomic mass is 9.85. The second-order valence-corrected chi connectivity index (χ2v) is 5.35. The fraction of sp³-hybridized carbons (Fsp3) is 1.00. The van der Waals surface area contributed by atoms with Crippen molar-refractivity contribution in [2.75, 3.05) is 33.3 Å². The zero-order chi connectivity index (χ0) is 11.4. The van der Waals surface area contributed by atoms with Gasteiger partial charge in [0.1, 0.15) is 0 Å². The van der Waals surface area contributed by atoms with Crippen LogP contribution in [0.25, 0.3) is 0 Å². The fourth-order valence-electron chi connectivity index (χ4n) is 2.79. The Morgan fingerprint density at radius 2 is 2.12 bits per heavy atom. The molecule has 3 heteroatoms. The van der Waals surface area contributed by atoms with Crippen molar-refractivity contribution in [3.05, 3.63) is 0 Å². The molecule has 94 valence electrons. The van der Waals surface area contributed by atoms with Crippen LogP contribution in [0.15, 0.2) is 0 Å². The lowest BCUT2D eigenvalue weighted by molar-refractivity contribution is 0.114. The van der Waals surface area contributed by atoms with Gasteiger partial charge in [0.15, 0.2) is 0 Å². The zero-order valence-corrected chi connectivity index (χ0v) is 10.7. The molecule has 0 radical (unpaired) electrons. The SMILES string of the molecule is CCN(CC1CCC1)CC1CC(OC)CN1. The van der Waals surface area contributed by atoms with Crippen LogP contribution in [-0.2, 0) is 4.74 Å². The number of hydrogen-bond donors (Lipinski definition) is 1. The third-order valence-electron chi connectivity index (χ3n) is 4.18. The van der Waals surface area contributed by atoms with Crippen molar-refractivity contribution in [3.63, 3.8) is 0 Å². The first kappa shape index (κ1) is 12.3. The molecule has 16 heavy (non-hydrogen) atoms. The van der Waals surface area contributed by atoms with Crippen molar-refractivity contribution in [2.45, 2.75) is 44.8 Å². The third kappa shape index (κ3) is 3.19. The zero-order valence-electron chi connectivity index (χ0n) is 10.7. The first-order valence-corrected chi connectivity index (χ1v) is 6.80. The molecular weight excluding hydrogens is 200 g/mol. The second kappa shape index (κ2) is 5.99. The molecule has 2 atom stereocenters. The Labute approximate surface area is 99.5 Å². The smallest absolute Gasteiger partial charge is 0.0711 e. The van der Waals surface area contributed by atoms with E-state index < -0.39 is 0 Å². The van der Waals surface area contributed by atoms with Gasteiger partial charge >= 0.3 is 0 Å². The molecular formula is C13H26N2O. The topological polar surface area (TPSA) is 24.5 Å². The molecule has 2 rings (SSSR count). The summed E-state index contributed by atoms with van der Waals surface area (Å²) in [7, 11) is 1.82. The highest BCUT2D eigenvalue weighted by Crippen LogP contribution is 2.27. The molecule has 1 N–H and O–H groups in total. The number of nitrogens with zero attached hydrogens (tertiary/aromatic N) is 1. The van der Waals surface area contributed by atoms with Gasteiger partial charge in [-0.25, -0.2) is 0 Å². The van der Waals surface area contributed by atoms with Gasteiger partial charge in [0.05, 0.1) is 6.10 Å². The van der Waals surface area contributed by atoms with Crippen molar-refractivity contribution < 1.29 is 4.74 Å². The summed E-state index contributed by atoms with van der Waals surface area (Å²) >= 11 is 0. The van der Waals surface area contributed by atoms with Crippen LogP contribution in [0.3, 0.4) is 0 Å². The van der Waals surface area contributed by atoms with E-state index in [4.69, 9.17) is 4.74 Å². The number of likely N-dealkylation sites (N-methyl/N-ethyl adjacent to an activating group) is 1. The van der Waals surface area contributed by atoms with Gasteiger partial charge in [0, 0.05) is 32.8 Å². The van der Waals surface area contributed by atoms with Gasteiger partial charge in [0.2, 0.25) is 0 Å². The molecule has 1 saturated carbocycles. The molecule has 2 fully saturated rings. The van der Waals surface area contributed by atoms with E-state index in [-0.39, 0.29) is 0 Å². The first-order chi connectivity index (χ1) is 7.81. The molecule has 0 spiro atoms. The average Bonchev–Trinajstić information content (AvgIpc) is 2.69. The van der Waals surface area contributed by atoms with Crippen LogP contribution in [-0.4, -0.2) is 50.3 Å². The highest BCUT2D eigenvalue weighted by atomic mass is 16.5. The van der Waals surface area contributed by atoms with E-state index in [0.717, 1.165) is 12.5 Å².